The molecule has 0 aromatic heterocycles. The Morgan fingerprint density at radius 3 is 2.33 bits per heavy atom. The second-order valence-corrected chi connectivity index (χ2v) is 5.61. The van der Waals surface area contributed by atoms with E-state index in [1.807, 2.05) is 6.07 Å². The lowest BCUT2D eigenvalue weighted by atomic mass is 9.98. The van der Waals surface area contributed by atoms with Crippen LogP contribution in [0.15, 0.2) is 0 Å². The highest BCUT2D eigenvalue weighted by Crippen LogP contribution is 2.49. The molecule has 1 aliphatic carbocycles. The Bertz CT molecular complexity index is 453. The Labute approximate surface area is 119 Å². The third kappa shape index (κ3) is 2.25. The quantitative estimate of drug-likeness (QED) is 0.335. The lowest BCUT2D eigenvalue weighted by molar-refractivity contribution is -0.322. The highest BCUT2D eigenvalue weighted by molar-refractivity contribution is 5.23. The first-order valence-electron chi connectivity index (χ1n) is 6.66. The molecule has 0 unspecified atom stereocenters. The van der Waals surface area contributed by atoms with E-state index in [1.54, 1.807) is 0 Å². The molecule has 0 bridgehead atoms. The maximum Gasteiger partial charge on any atom is 0.188 e. The number of epoxide rings is 1. The predicted octanol–water partition coefficient (Wildman–Crippen LogP) is -3.40. The molecule has 9 atom stereocenters. The van der Waals surface area contributed by atoms with E-state index in [0.717, 1.165) is 0 Å². The Kier molecular flexibility index (Phi) is 3.67. The molecule has 0 aromatic carbocycles. The molecule has 9 nitrogen and oxygen atoms in total. The Morgan fingerprint density at radius 1 is 1.14 bits per heavy atom. The summed E-state index contributed by atoms with van der Waals surface area (Å²) in [5.41, 5.74) is -1.49. The molecule has 3 rings (SSSR count). The normalized spacial score (nSPS) is 55.8. The van der Waals surface area contributed by atoms with Crippen molar-refractivity contribution >= 4 is 0 Å². The van der Waals surface area contributed by atoms with Gasteiger partial charge < -0.3 is 39.7 Å². The van der Waals surface area contributed by atoms with Crippen LogP contribution in [0, 0.1) is 11.3 Å². The summed E-state index contributed by atoms with van der Waals surface area (Å²) < 4.78 is 15.8. The van der Waals surface area contributed by atoms with Crippen LogP contribution < -0.4 is 0 Å². The van der Waals surface area contributed by atoms with Crippen LogP contribution in [0.2, 0.25) is 0 Å². The number of hydrogen-bond acceptors (Lipinski definition) is 9. The SMILES string of the molecule is N#C[C@@]1(O[C@@H]2O[C@@H](CO)[C@@H](O)[C@@H](O)[C@H]2O)C[C@H](O)[C@@H]2O[C@@H]21. The van der Waals surface area contributed by atoms with Gasteiger partial charge >= 0.3 is 0 Å². The lowest BCUT2D eigenvalue weighted by Crippen LogP contribution is -2.61. The zero-order chi connectivity index (χ0) is 15.4. The first kappa shape index (κ1) is 15.1. The minimum absolute atomic E-state index is 0.00610. The summed E-state index contributed by atoms with van der Waals surface area (Å²) in [6.07, 6.45) is -9.17. The number of nitriles is 1. The van der Waals surface area contributed by atoms with Gasteiger partial charge in [0, 0.05) is 6.42 Å². The number of hydrogen-bond donors (Lipinski definition) is 5. The molecule has 2 aliphatic heterocycles. The van der Waals surface area contributed by atoms with Crippen LogP contribution in [-0.2, 0) is 14.2 Å². The molecule has 0 spiro atoms. The minimum Gasteiger partial charge on any atom is -0.394 e. The fourth-order valence-corrected chi connectivity index (χ4v) is 2.96. The van der Waals surface area contributed by atoms with Gasteiger partial charge in [-0.2, -0.15) is 5.26 Å². The van der Waals surface area contributed by atoms with Gasteiger partial charge in [0.05, 0.1) is 12.7 Å². The first-order valence-corrected chi connectivity index (χ1v) is 6.66. The van der Waals surface area contributed by atoms with Crippen molar-refractivity contribution in [1.82, 2.24) is 0 Å². The van der Waals surface area contributed by atoms with Crippen LogP contribution in [0.25, 0.3) is 0 Å². The summed E-state index contributed by atoms with van der Waals surface area (Å²) in [6.45, 7) is -0.588. The summed E-state index contributed by atoms with van der Waals surface area (Å²) in [4.78, 5) is 0. The fourth-order valence-electron chi connectivity index (χ4n) is 2.96. The molecule has 0 radical (unpaired) electrons. The summed E-state index contributed by atoms with van der Waals surface area (Å²) in [7, 11) is 0. The van der Waals surface area contributed by atoms with Crippen LogP contribution in [0.1, 0.15) is 6.42 Å². The number of aliphatic hydroxyl groups excluding tert-OH is 5. The van der Waals surface area contributed by atoms with Crippen LogP contribution in [-0.4, -0.2) is 86.8 Å². The van der Waals surface area contributed by atoms with Crippen molar-refractivity contribution in [3.8, 4) is 6.07 Å². The molecular formula is C12H17NO8. The third-order valence-electron chi connectivity index (χ3n) is 4.24. The van der Waals surface area contributed by atoms with Gasteiger partial charge in [0.2, 0.25) is 0 Å². The van der Waals surface area contributed by atoms with Gasteiger partial charge in [0.1, 0.15) is 42.7 Å². The number of fused-ring (bicyclic) bond motifs is 1. The van der Waals surface area contributed by atoms with E-state index in [0.29, 0.717) is 0 Å². The van der Waals surface area contributed by atoms with E-state index < -0.39 is 61.2 Å². The molecule has 0 aromatic rings. The Hall–Kier alpha value is -0.830. The van der Waals surface area contributed by atoms with Gasteiger partial charge in [-0.15, -0.1) is 0 Å². The predicted molar refractivity (Wildman–Crippen MR) is 62.5 cm³/mol. The van der Waals surface area contributed by atoms with Gasteiger partial charge in [0.25, 0.3) is 0 Å². The molecule has 5 N–H and O–H groups in total. The maximum absolute atomic E-state index is 9.90. The van der Waals surface area contributed by atoms with E-state index in [4.69, 9.17) is 19.3 Å². The number of rotatable bonds is 3. The van der Waals surface area contributed by atoms with E-state index in [2.05, 4.69) is 0 Å². The minimum atomic E-state index is -1.59. The van der Waals surface area contributed by atoms with Gasteiger partial charge in [-0.3, -0.25) is 0 Å². The molecule has 2 saturated heterocycles. The van der Waals surface area contributed by atoms with Crippen molar-refractivity contribution in [2.75, 3.05) is 6.61 Å². The zero-order valence-electron chi connectivity index (χ0n) is 10.9. The molecule has 3 fully saturated rings. The smallest absolute Gasteiger partial charge is 0.188 e. The molecule has 0 amide bonds. The fraction of sp³-hybridized carbons (Fsp3) is 0.917. The lowest BCUT2D eigenvalue weighted by Gasteiger charge is -2.41. The van der Waals surface area contributed by atoms with E-state index in [-0.39, 0.29) is 6.42 Å². The standard InChI is InChI=1S/C12H17NO8/c13-3-12(1-4(15)9-10(12)20-9)21-11-8(18)7(17)6(16)5(2-14)19-11/h4-11,14-18H,1-2H2/t4-,5-,6+,7+,8+,9-,10-,11-,12-/m0/s1. The van der Waals surface area contributed by atoms with Crippen LogP contribution in [0.4, 0.5) is 0 Å². The monoisotopic (exact) mass is 303 g/mol. The second kappa shape index (κ2) is 5.12. The van der Waals surface area contributed by atoms with Gasteiger partial charge in [-0.1, -0.05) is 0 Å². The highest BCUT2D eigenvalue weighted by atomic mass is 16.7. The van der Waals surface area contributed by atoms with Crippen molar-refractivity contribution in [3.63, 3.8) is 0 Å². The number of ether oxygens (including phenoxy) is 3. The second-order valence-electron chi connectivity index (χ2n) is 5.61. The zero-order valence-corrected chi connectivity index (χ0v) is 10.9. The van der Waals surface area contributed by atoms with E-state index in [1.165, 1.54) is 0 Å². The van der Waals surface area contributed by atoms with Crippen LogP contribution >= 0.6 is 0 Å². The Morgan fingerprint density at radius 2 is 1.86 bits per heavy atom. The molecule has 118 valence electrons. The van der Waals surface area contributed by atoms with Gasteiger partial charge in [-0.25, -0.2) is 0 Å². The molecular weight excluding hydrogens is 286 g/mol. The van der Waals surface area contributed by atoms with E-state index >= 15 is 0 Å². The summed E-state index contributed by atoms with van der Waals surface area (Å²) in [5.74, 6) is 0. The topological polar surface area (TPSA) is 156 Å². The van der Waals surface area contributed by atoms with Crippen molar-refractivity contribution < 1.29 is 39.7 Å². The average Bonchev–Trinajstić information content (AvgIpc) is 3.23. The summed E-state index contributed by atoms with van der Waals surface area (Å²) >= 11 is 0. The van der Waals surface area contributed by atoms with E-state index in [9.17, 15) is 25.7 Å². The molecule has 3 aliphatic rings. The van der Waals surface area contributed by atoms with Crippen LogP contribution in [0.3, 0.4) is 0 Å². The summed E-state index contributed by atoms with van der Waals surface area (Å²) in [5, 5.41) is 57.4. The number of nitrogens with zero attached hydrogens (tertiary/aromatic N) is 1. The van der Waals surface area contributed by atoms with Crippen molar-refractivity contribution in [2.45, 2.75) is 61.0 Å². The van der Waals surface area contributed by atoms with Crippen molar-refractivity contribution in [1.29, 1.82) is 5.26 Å². The molecule has 2 heterocycles. The highest BCUT2D eigenvalue weighted by Gasteiger charge is 2.68. The third-order valence-corrected chi connectivity index (χ3v) is 4.24. The largest absolute Gasteiger partial charge is 0.394 e. The van der Waals surface area contributed by atoms with Gasteiger partial charge in [-0.05, 0) is 0 Å². The molecule has 1 saturated carbocycles. The first-order chi connectivity index (χ1) is 9.93. The van der Waals surface area contributed by atoms with Gasteiger partial charge in [0.15, 0.2) is 11.9 Å². The summed E-state index contributed by atoms with van der Waals surface area (Å²) in [6, 6.07) is 1.92. The maximum atomic E-state index is 9.90. The average molecular weight is 303 g/mol. The Balaban J connectivity index is 1.76. The van der Waals surface area contributed by atoms with Crippen molar-refractivity contribution in [2.24, 2.45) is 0 Å². The van der Waals surface area contributed by atoms with Crippen molar-refractivity contribution in [3.05, 3.63) is 0 Å². The number of aliphatic hydroxyl groups is 5. The van der Waals surface area contributed by atoms with Crippen LogP contribution in [0.5, 0.6) is 0 Å². The molecule has 9 heteroatoms. The molecule has 21 heavy (non-hydrogen) atoms.